The molecule has 0 spiro atoms. The molecular weight excluding hydrogens is 306 g/mol. The van der Waals surface area contributed by atoms with Crippen LogP contribution in [0.25, 0.3) is 0 Å². The van der Waals surface area contributed by atoms with E-state index in [1.165, 1.54) is 0 Å². The summed E-state index contributed by atoms with van der Waals surface area (Å²) in [4.78, 5) is 32.6. The smallest absolute Gasteiger partial charge is 0.260 e. The highest BCUT2D eigenvalue weighted by Crippen LogP contribution is 2.29. The number of pyridine rings is 1. The third-order valence-electron chi connectivity index (χ3n) is 5.01. The lowest BCUT2D eigenvalue weighted by Gasteiger charge is -2.44. The van der Waals surface area contributed by atoms with E-state index in [-0.39, 0.29) is 30.5 Å². The second-order valence-electron chi connectivity index (χ2n) is 6.55. The van der Waals surface area contributed by atoms with Gasteiger partial charge in [0.15, 0.2) is 6.61 Å². The quantitative estimate of drug-likeness (QED) is 0.848. The molecule has 0 N–H and O–H groups in total. The zero-order valence-electron chi connectivity index (χ0n) is 14.2. The molecule has 0 aliphatic carbocycles. The van der Waals surface area contributed by atoms with Crippen LogP contribution in [0.4, 0.5) is 0 Å². The summed E-state index contributed by atoms with van der Waals surface area (Å²) in [6.07, 6.45) is 8.23. The molecule has 2 aliphatic heterocycles. The van der Waals surface area contributed by atoms with Gasteiger partial charge in [-0.1, -0.05) is 0 Å². The predicted octanol–water partition coefficient (Wildman–Crippen LogP) is 1.85. The maximum atomic E-state index is 12.7. The van der Waals surface area contributed by atoms with Gasteiger partial charge in [-0.2, -0.15) is 0 Å². The lowest BCUT2D eigenvalue weighted by molar-refractivity contribution is -0.143. The molecular formula is C18H25N3O3. The molecule has 1 aromatic rings. The van der Waals surface area contributed by atoms with Crippen LogP contribution in [0.5, 0.6) is 5.75 Å². The first-order valence-electron chi connectivity index (χ1n) is 8.76. The fraction of sp³-hybridized carbons (Fsp3) is 0.611. The summed E-state index contributed by atoms with van der Waals surface area (Å²) >= 11 is 0. The Morgan fingerprint density at radius 1 is 1.17 bits per heavy atom. The minimum absolute atomic E-state index is 0.000967. The second kappa shape index (κ2) is 7.64. The normalized spacial score (nSPS) is 24.0. The van der Waals surface area contributed by atoms with Gasteiger partial charge < -0.3 is 14.5 Å². The Hall–Kier alpha value is -2.11. The van der Waals surface area contributed by atoms with E-state index in [2.05, 4.69) is 4.98 Å². The number of piperidine rings is 1. The van der Waals surface area contributed by atoms with Crippen molar-refractivity contribution in [2.75, 3.05) is 19.7 Å². The number of hydrogen-bond donors (Lipinski definition) is 0. The third kappa shape index (κ3) is 3.68. The van der Waals surface area contributed by atoms with Gasteiger partial charge in [0.25, 0.3) is 5.91 Å². The molecule has 6 nitrogen and oxygen atoms in total. The van der Waals surface area contributed by atoms with Gasteiger partial charge in [-0.05, 0) is 44.2 Å². The molecule has 0 radical (unpaired) electrons. The first-order chi connectivity index (χ1) is 11.7. The first-order valence-corrected chi connectivity index (χ1v) is 8.76. The number of rotatable bonds is 3. The van der Waals surface area contributed by atoms with Crippen LogP contribution >= 0.6 is 0 Å². The summed E-state index contributed by atoms with van der Waals surface area (Å²) in [5, 5.41) is 0. The summed E-state index contributed by atoms with van der Waals surface area (Å²) in [7, 11) is 0. The molecule has 2 saturated heterocycles. The molecule has 0 saturated carbocycles. The molecule has 0 unspecified atom stereocenters. The van der Waals surface area contributed by atoms with Crippen LogP contribution in [0.15, 0.2) is 24.5 Å². The van der Waals surface area contributed by atoms with Gasteiger partial charge in [-0.15, -0.1) is 0 Å². The number of fused-ring (bicyclic) bond motifs is 1. The molecule has 2 fully saturated rings. The van der Waals surface area contributed by atoms with Gasteiger partial charge in [0, 0.05) is 26.2 Å². The van der Waals surface area contributed by atoms with Crippen molar-refractivity contribution < 1.29 is 14.3 Å². The molecule has 1 aromatic heterocycles. The molecule has 0 aromatic carbocycles. The maximum Gasteiger partial charge on any atom is 0.260 e. The lowest BCUT2D eigenvalue weighted by atomic mass is 9.92. The Morgan fingerprint density at radius 2 is 1.92 bits per heavy atom. The molecule has 24 heavy (non-hydrogen) atoms. The van der Waals surface area contributed by atoms with Crippen LogP contribution in [-0.2, 0) is 9.59 Å². The number of hydrogen-bond acceptors (Lipinski definition) is 4. The van der Waals surface area contributed by atoms with Crippen molar-refractivity contribution in [2.45, 2.75) is 51.1 Å². The number of nitrogens with zero attached hydrogens (tertiary/aromatic N) is 3. The molecule has 3 rings (SSSR count). The van der Waals surface area contributed by atoms with Crippen molar-refractivity contribution in [1.82, 2.24) is 14.8 Å². The SMILES string of the molecule is CC(=O)N1CCCC[C@@H]2[C@H]1CCCN2C(=O)COc1cccnc1. The fourth-order valence-electron chi connectivity index (χ4n) is 3.91. The van der Waals surface area contributed by atoms with E-state index in [1.54, 1.807) is 31.5 Å². The van der Waals surface area contributed by atoms with Crippen molar-refractivity contribution in [2.24, 2.45) is 0 Å². The molecule has 130 valence electrons. The fourth-order valence-corrected chi connectivity index (χ4v) is 3.91. The van der Waals surface area contributed by atoms with E-state index < -0.39 is 0 Å². The van der Waals surface area contributed by atoms with Crippen LogP contribution in [-0.4, -0.2) is 58.4 Å². The number of carbonyl (C=O) groups is 2. The van der Waals surface area contributed by atoms with Gasteiger partial charge in [0.2, 0.25) is 5.91 Å². The van der Waals surface area contributed by atoms with Gasteiger partial charge in [0.1, 0.15) is 5.75 Å². The van der Waals surface area contributed by atoms with E-state index in [4.69, 9.17) is 4.74 Å². The number of carbonyl (C=O) groups excluding carboxylic acids is 2. The summed E-state index contributed by atoms with van der Waals surface area (Å²) in [5.41, 5.74) is 0. The van der Waals surface area contributed by atoms with Gasteiger partial charge in [-0.3, -0.25) is 14.6 Å². The average Bonchev–Trinajstić information content (AvgIpc) is 2.83. The van der Waals surface area contributed by atoms with Crippen LogP contribution in [0.2, 0.25) is 0 Å². The van der Waals surface area contributed by atoms with Gasteiger partial charge in [0.05, 0.1) is 18.3 Å². The zero-order valence-corrected chi connectivity index (χ0v) is 14.2. The monoisotopic (exact) mass is 331 g/mol. The van der Waals surface area contributed by atoms with E-state index in [9.17, 15) is 9.59 Å². The predicted molar refractivity (Wildman–Crippen MR) is 89.5 cm³/mol. The topological polar surface area (TPSA) is 62.7 Å². The van der Waals surface area contributed by atoms with E-state index in [1.807, 2.05) is 9.80 Å². The largest absolute Gasteiger partial charge is 0.482 e. The highest BCUT2D eigenvalue weighted by atomic mass is 16.5. The molecule has 2 atom stereocenters. The van der Waals surface area contributed by atoms with Crippen molar-refractivity contribution in [3.63, 3.8) is 0 Å². The van der Waals surface area contributed by atoms with Crippen LogP contribution in [0, 0.1) is 0 Å². The maximum absolute atomic E-state index is 12.7. The molecule has 2 aliphatic rings. The third-order valence-corrected chi connectivity index (χ3v) is 5.01. The van der Waals surface area contributed by atoms with E-state index in [0.717, 1.165) is 45.2 Å². The van der Waals surface area contributed by atoms with Crippen LogP contribution in [0.1, 0.15) is 39.0 Å². The number of ether oxygens (including phenoxy) is 1. The lowest BCUT2D eigenvalue weighted by Crippen LogP contribution is -2.58. The minimum Gasteiger partial charge on any atom is -0.482 e. The van der Waals surface area contributed by atoms with E-state index >= 15 is 0 Å². The van der Waals surface area contributed by atoms with E-state index in [0.29, 0.717) is 5.75 Å². The Balaban J connectivity index is 1.67. The molecule has 0 bridgehead atoms. The standard InChI is InChI=1S/C18H25N3O3/c1-14(22)20-10-3-2-7-17-16(20)8-5-11-21(17)18(23)13-24-15-6-4-9-19-12-15/h4,6,9,12,16-17H,2-3,5,7-8,10-11,13H2,1H3/t16-,17-/m1/s1. The van der Waals surface area contributed by atoms with Crippen molar-refractivity contribution in [1.29, 1.82) is 0 Å². The minimum atomic E-state index is -0.000967. The van der Waals surface area contributed by atoms with Crippen LogP contribution < -0.4 is 4.74 Å². The molecule has 3 heterocycles. The summed E-state index contributed by atoms with van der Waals surface area (Å²) < 4.78 is 5.57. The summed E-state index contributed by atoms with van der Waals surface area (Å²) in [6, 6.07) is 3.85. The number of amides is 2. The summed E-state index contributed by atoms with van der Waals surface area (Å²) in [6.45, 7) is 3.22. The van der Waals surface area contributed by atoms with Gasteiger partial charge in [-0.25, -0.2) is 0 Å². The average molecular weight is 331 g/mol. The van der Waals surface area contributed by atoms with Crippen LogP contribution in [0.3, 0.4) is 0 Å². The highest BCUT2D eigenvalue weighted by molar-refractivity contribution is 5.79. The van der Waals surface area contributed by atoms with Crippen molar-refractivity contribution in [3.05, 3.63) is 24.5 Å². The zero-order chi connectivity index (χ0) is 16.9. The Morgan fingerprint density at radius 3 is 2.67 bits per heavy atom. The number of likely N-dealkylation sites (tertiary alicyclic amines) is 2. The first kappa shape index (κ1) is 16.7. The van der Waals surface area contributed by atoms with Gasteiger partial charge >= 0.3 is 0 Å². The Kier molecular flexibility index (Phi) is 5.33. The Labute approximate surface area is 142 Å². The van der Waals surface area contributed by atoms with Crippen molar-refractivity contribution >= 4 is 11.8 Å². The Bertz CT molecular complexity index is 578. The summed E-state index contributed by atoms with van der Waals surface area (Å²) in [5.74, 6) is 0.720. The molecule has 2 amide bonds. The highest BCUT2D eigenvalue weighted by Gasteiger charge is 2.39. The molecule has 6 heteroatoms. The van der Waals surface area contributed by atoms with Crippen molar-refractivity contribution in [3.8, 4) is 5.75 Å². The number of aromatic nitrogens is 1. The second-order valence-corrected chi connectivity index (χ2v) is 6.55.